The molecule has 6 rings (SSSR count). The van der Waals surface area contributed by atoms with Gasteiger partial charge in [-0.15, -0.1) is 0 Å². The molecule has 0 amide bonds. The molecule has 2 fully saturated rings. The van der Waals surface area contributed by atoms with Crippen molar-refractivity contribution in [3.05, 3.63) is 66.2 Å². The monoisotopic (exact) mass is 497 g/mol. The fourth-order valence-electron chi connectivity index (χ4n) is 5.13. The van der Waals surface area contributed by atoms with E-state index in [2.05, 4.69) is 63.9 Å². The van der Waals surface area contributed by atoms with Gasteiger partial charge in [-0.3, -0.25) is 14.8 Å². The van der Waals surface area contributed by atoms with Crippen LogP contribution in [0, 0.1) is 25.7 Å². The van der Waals surface area contributed by atoms with Gasteiger partial charge in [-0.25, -0.2) is 4.98 Å². The number of pyridine rings is 2. The molecule has 1 saturated heterocycles. The first-order chi connectivity index (χ1) is 17.9. The van der Waals surface area contributed by atoms with Crippen LogP contribution in [0.3, 0.4) is 0 Å². The molecule has 1 aromatic carbocycles. The Kier molecular flexibility index (Phi) is 7.33. The number of benzene rings is 1. The Morgan fingerprint density at radius 1 is 1.11 bits per heavy atom. The molecule has 0 unspecified atom stereocenters. The van der Waals surface area contributed by atoms with E-state index in [4.69, 9.17) is 4.74 Å². The van der Waals surface area contributed by atoms with Crippen LogP contribution in [-0.2, 0) is 9.53 Å². The summed E-state index contributed by atoms with van der Waals surface area (Å²) in [5, 5.41) is 1.12. The number of H-pyrrole nitrogens is 1. The van der Waals surface area contributed by atoms with Crippen molar-refractivity contribution in [1.29, 1.82) is 0 Å². The van der Waals surface area contributed by atoms with E-state index >= 15 is 0 Å². The molecule has 1 N–H and O–H groups in total. The number of nitrogens with one attached hydrogen (secondary N) is 1. The number of aryl methyl sites for hydroxylation is 2. The molecule has 37 heavy (non-hydrogen) atoms. The first-order valence-corrected chi connectivity index (χ1v) is 13.1. The molecule has 2 aliphatic rings. The Bertz CT molecular complexity index is 1390. The first-order valence-electron chi connectivity index (χ1n) is 13.1. The highest BCUT2D eigenvalue weighted by molar-refractivity contribution is 5.87. The van der Waals surface area contributed by atoms with Crippen LogP contribution < -0.4 is 0 Å². The van der Waals surface area contributed by atoms with Gasteiger partial charge in [0.1, 0.15) is 6.10 Å². The number of likely N-dealkylation sites (N-methyl/N-ethyl adjacent to an activating group) is 1. The molecule has 0 radical (unpaired) electrons. The summed E-state index contributed by atoms with van der Waals surface area (Å²) in [7, 11) is 2.07. The molecule has 1 aliphatic carbocycles. The minimum Gasteiger partial charge on any atom is -0.461 e. The molecule has 4 aromatic rings. The number of carbonyl (C=O) groups is 1. The van der Waals surface area contributed by atoms with Crippen LogP contribution in [0.2, 0.25) is 0 Å². The lowest BCUT2D eigenvalue weighted by Gasteiger charge is -2.31. The van der Waals surface area contributed by atoms with Crippen molar-refractivity contribution >= 4 is 16.9 Å². The maximum Gasteiger partial charge on any atom is 0.309 e. The number of likely N-dealkylation sites (tertiary alicyclic amines) is 1. The highest BCUT2D eigenvalue weighted by Gasteiger charge is 2.34. The third-order valence-corrected chi connectivity index (χ3v) is 7.21. The van der Waals surface area contributed by atoms with E-state index in [0.717, 1.165) is 83.1 Å². The Balaban J connectivity index is 0.000000171. The van der Waals surface area contributed by atoms with Gasteiger partial charge in [0, 0.05) is 35.9 Å². The third kappa shape index (κ3) is 5.88. The standard InChI is InChI=1S/C19H16N4.C11H19NO2/c1-12-8-15-9-14(6-7-16(15)20-10-12)18-19(22-11-21-18)17-5-3-4-13(2)23-17;1-8-5-9(6-8)11(13)14-10-3-4-12(2)7-10/h3-11H,1-2H3,(H,21,22);8-10H,3-7H2,1-2H3/t;8?,9?,10-/m.1/s1. The average Bonchev–Trinajstić information content (AvgIpc) is 3.51. The number of fused-ring (bicyclic) bond motifs is 1. The van der Waals surface area contributed by atoms with Gasteiger partial charge >= 0.3 is 5.97 Å². The van der Waals surface area contributed by atoms with E-state index in [1.807, 2.05) is 37.4 Å². The molecule has 0 bridgehead atoms. The van der Waals surface area contributed by atoms with Gasteiger partial charge in [0.2, 0.25) is 0 Å². The normalized spacial score (nSPS) is 21.2. The van der Waals surface area contributed by atoms with Crippen molar-refractivity contribution in [3.63, 3.8) is 0 Å². The molecule has 7 heteroatoms. The van der Waals surface area contributed by atoms with Crippen molar-refractivity contribution in [3.8, 4) is 22.6 Å². The maximum atomic E-state index is 11.6. The van der Waals surface area contributed by atoms with Crippen molar-refractivity contribution in [1.82, 2.24) is 24.8 Å². The van der Waals surface area contributed by atoms with Crippen LogP contribution in [0.4, 0.5) is 0 Å². The van der Waals surface area contributed by atoms with Crippen LogP contribution in [0.25, 0.3) is 33.5 Å². The summed E-state index contributed by atoms with van der Waals surface area (Å²) in [5.74, 6) is 0.970. The molecule has 4 heterocycles. The van der Waals surface area contributed by atoms with Gasteiger partial charge in [-0.05, 0) is 82.0 Å². The van der Waals surface area contributed by atoms with Gasteiger partial charge < -0.3 is 14.6 Å². The first kappa shape index (κ1) is 25.1. The predicted octanol–water partition coefficient (Wildman–Crippen LogP) is 5.58. The van der Waals surface area contributed by atoms with Gasteiger partial charge in [0.25, 0.3) is 0 Å². The van der Waals surface area contributed by atoms with Crippen molar-refractivity contribution in [2.75, 3.05) is 20.1 Å². The lowest BCUT2D eigenvalue weighted by molar-refractivity contribution is -0.158. The van der Waals surface area contributed by atoms with Crippen LogP contribution in [-0.4, -0.2) is 57.0 Å². The quantitative estimate of drug-likeness (QED) is 0.370. The van der Waals surface area contributed by atoms with E-state index in [0.29, 0.717) is 0 Å². The molecule has 1 atom stereocenters. The number of aromatic nitrogens is 4. The van der Waals surface area contributed by atoms with E-state index in [1.165, 1.54) is 0 Å². The van der Waals surface area contributed by atoms with Crippen molar-refractivity contribution in [2.24, 2.45) is 11.8 Å². The highest BCUT2D eigenvalue weighted by atomic mass is 16.5. The minimum atomic E-state index is 0.0448. The molecule has 0 spiro atoms. The number of carbonyl (C=O) groups excluding carboxylic acids is 1. The Morgan fingerprint density at radius 2 is 1.95 bits per heavy atom. The summed E-state index contributed by atoms with van der Waals surface area (Å²) >= 11 is 0. The molecule has 3 aromatic heterocycles. The molecule has 1 saturated carbocycles. The predicted molar refractivity (Wildman–Crippen MR) is 146 cm³/mol. The van der Waals surface area contributed by atoms with Gasteiger partial charge in [0.15, 0.2) is 0 Å². The highest BCUT2D eigenvalue weighted by Crippen LogP contribution is 2.34. The number of ether oxygens (including phenoxy) is 1. The number of aromatic amines is 1. The second-order valence-corrected chi connectivity index (χ2v) is 10.6. The Hall–Kier alpha value is -3.58. The average molecular weight is 498 g/mol. The molecule has 192 valence electrons. The number of nitrogens with zero attached hydrogens (tertiary/aromatic N) is 4. The van der Waals surface area contributed by atoms with E-state index < -0.39 is 0 Å². The zero-order chi connectivity index (χ0) is 25.9. The largest absolute Gasteiger partial charge is 0.461 e. The minimum absolute atomic E-state index is 0.0448. The van der Waals surface area contributed by atoms with Gasteiger partial charge in [-0.2, -0.15) is 0 Å². The van der Waals surface area contributed by atoms with Crippen LogP contribution >= 0.6 is 0 Å². The summed E-state index contributed by atoms with van der Waals surface area (Å²) < 4.78 is 5.45. The smallest absolute Gasteiger partial charge is 0.309 e. The van der Waals surface area contributed by atoms with Gasteiger partial charge in [-0.1, -0.05) is 19.1 Å². The number of hydrogen-bond donors (Lipinski definition) is 1. The summed E-state index contributed by atoms with van der Waals surface area (Å²) in [5.41, 5.74) is 6.94. The van der Waals surface area contributed by atoms with Gasteiger partial charge in [0.05, 0.1) is 34.8 Å². The lowest BCUT2D eigenvalue weighted by atomic mass is 9.76. The number of hydrogen-bond acceptors (Lipinski definition) is 6. The molecular weight excluding hydrogens is 462 g/mol. The molecule has 1 aliphatic heterocycles. The summed E-state index contributed by atoms with van der Waals surface area (Å²) in [6, 6.07) is 14.4. The van der Waals surface area contributed by atoms with E-state index in [9.17, 15) is 4.79 Å². The van der Waals surface area contributed by atoms with E-state index in [1.54, 1.807) is 6.33 Å². The zero-order valence-corrected chi connectivity index (χ0v) is 22.1. The van der Waals surface area contributed by atoms with Crippen LogP contribution in [0.15, 0.2) is 55.0 Å². The molecular formula is C30H35N5O2. The summed E-state index contributed by atoms with van der Waals surface area (Å²) in [6.07, 6.45) is 6.82. The topological polar surface area (TPSA) is 84.0 Å². The fraction of sp³-hybridized carbons (Fsp3) is 0.400. The summed E-state index contributed by atoms with van der Waals surface area (Å²) in [6.45, 7) is 8.19. The third-order valence-electron chi connectivity index (χ3n) is 7.21. The number of rotatable bonds is 4. The van der Waals surface area contributed by atoms with Crippen molar-refractivity contribution < 1.29 is 9.53 Å². The van der Waals surface area contributed by atoms with Crippen LogP contribution in [0.1, 0.15) is 37.4 Å². The van der Waals surface area contributed by atoms with Crippen LogP contribution in [0.5, 0.6) is 0 Å². The summed E-state index contributed by atoms with van der Waals surface area (Å²) in [4.78, 5) is 30.6. The Labute approximate surface area is 218 Å². The lowest BCUT2D eigenvalue weighted by Crippen LogP contribution is -2.33. The van der Waals surface area contributed by atoms with Crippen molar-refractivity contribution in [2.45, 2.75) is 46.1 Å². The number of esters is 1. The number of imidazole rings is 1. The second kappa shape index (κ2) is 10.8. The zero-order valence-electron chi connectivity index (χ0n) is 22.1. The van der Waals surface area contributed by atoms with E-state index in [-0.39, 0.29) is 18.0 Å². The molecule has 7 nitrogen and oxygen atoms in total. The second-order valence-electron chi connectivity index (χ2n) is 10.6. The Morgan fingerprint density at radius 3 is 2.68 bits per heavy atom. The SMILES string of the molecule is CC1CC(C(=O)O[C@@H]2CCN(C)C2)C1.Cc1cnc2ccc(-c3nc[nH]c3-c3cccc(C)n3)cc2c1. The maximum absolute atomic E-state index is 11.6. The fourth-order valence-corrected chi connectivity index (χ4v) is 5.13.